The lowest BCUT2D eigenvalue weighted by atomic mass is 10.1. The number of aryl methyl sites for hydroxylation is 1. The van der Waals surface area contributed by atoms with Gasteiger partial charge in [0.15, 0.2) is 0 Å². The second-order valence-corrected chi connectivity index (χ2v) is 7.30. The van der Waals surface area contributed by atoms with Crippen LogP contribution in [0.25, 0.3) is 11.0 Å². The molecule has 1 aromatic heterocycles. The molecule has 5 nitrogen and oxygen atoms in total. The Morgan fingerprint density at radius 2 is 1.83 bits per heavy atom. The van der Waals surface area contributed by atoms with Crippen molar-refractivity contribution in [3.8, 4) is 5.75 Å². The van der Waals surface area contributed by atoms with Gasteiger partial charge in [0, 0.05) is 19.5 Å². The number of aromatic nitrogens is 2. The van der Waals surface area contributed by atoms with Crippen molar-refractivity contribution < 1.29 is 9.53 Å². The quantitative estimate of drug-likeness (QED) is 0.502. The highest BCUT2D eigenvalue weighted by Crippen LogP contribution is 2.19. The number of nitrogens with one attached hydrogen (secondary N) is 1. The number of rotatable bonds is 7. The van der Waals surface area contributed by atoms with Gasteiger partial charge in [-0.3, -0.25) is 4.79 Å². The van der Waals surface area contributed by atoms with Gasteiger partial charge in [0.1, 0.15) is 11.6 Å². The number of methoxy groups -OCH3 is 1. The molecule has 0 spiro atoms. The zero-order valence-corrected chi connectivity index (χ0v) is 17.3. The van der Waals surface area contributed by atoms with E-state index in [1.807, 2.05) is 30.3 Å². The molecule has 152 valence electrons. The predicted octanol–water partition coefficient (Wildman–Crippen LogP) is 4.37. The predicted molar refractivity (Wildman–Crippen MR) is 119 cm³/mol. The second-order valence-electron chi connectivity index (χ2n) is 7.30. The van der Waals surface area contributed by atoms with Gasteiger partial charge < -0.3 is 14.6 Å². The minimum absolute atomic E-state index is 0.145. The van der Waals surface area contributed by atoms with Gasteiger partial charge in [-0.05, 0) is 36.8 Å². The zero-order chi connectivity index (χ0) is 20.9. The maximum Gasteiger partial charge on any atom is 0.255 e. The molecule has 0 saturated carbocycles. The molecule has 4 aromatic rings. The summed E-state index contributed by atoms with van der Waals surface area (Å²) in [5.41, 5.74) is 5.08. The third kappa shape index (κ3) is 4.20. The van der Waals surface area contributed by atoms with Gasteiger partial charge in [0.2, 0.25) is 0 Å². The maximum atomic E-state index is 12.6. The molecule has 4 rings (SSSR count). The number of carbonyl (C=O) groups excluding carboxylic acids is 1. The molecule has 0 radical (unpaired) electrons. The minimum Gasteiger partial charge on any atom is -0.496 e. The van der Waals surface area contributed by atoms with E-state index < -0.39 is 0 Å². The summed E-state index contributed by atoms with van der Waals surface area (Å²) >= 11 is 0. The molecule has 0 saturated heterocycles. The fourth-order valence-electron chi connectivity index (χ4n) is 3.70. The van der Waals surface area contributed by atoms with Crippen molar-refractivity contribution in [2.75, 3.05) is 13.7 Å². The number of nitrogens with zero attached hydrogens (tertiary/aromatic N) is 2. The van der Waals surface area contributed by atoms with Crippen molar-refractivity contribution >= 4 is 16.9 Å². The smallest absolute Gasteiger partial charge is 0.255 e. The normalized spacial score (nSPS) is 10.9. The highest BCUT2D eigenvalue weighted by molar-refractivity contribution is 5.96. The average Bonchev–Trinajstić information content (AvgIpc) is 3.11. The Morgan fingerprint density at radius 3 is 2.67 bits per heavy atom. The number of carbonyl (C=O) groups is 1. The van der Waals surface area contributed by atoms with Crippen LogP contribution in [0.1, 0.15) is 27.3 Å². The Morgan fingerprint density at radius 1 is 1.03 bits per heavy atom. The Labute approximate surface area is 176 Å². The van der Waals surface area contributed by atoms with E-state index >= 15 is 0 Å². The first-order valence-electron chi connectivity index (χ1n) is 10.1. The summed E-state index contributed by atoms with van der Waals surface area (Å²) < 4.78 is 7.52. The van der Waals surface area contributed by atoms with Crippen LogP contribution in [0.3, 0.4) is 0 Å². The summed E-state index contributed by atoms with van der Waals surface area (Å²) in [4.78, 5) is 17.4. The number of hydrogen-bond donors (Lipinski definition) is 1. The van der Waals surface area contributed by atoms with Gasteiger partial charge in [-0.2, -0.15) is 0 Å². The number of ether oxygens (including phenoxy) is 1. The Bertz CT molecular complexity index is 1180. The molecule has 0 aliphatic rings. The summed E-state index contributed by atoms with van der Waals surface area (Å²) in [6.45, 7) is 3.34. The number of benzene rings is 3. The Hall–Kier alpha value is -3.60. The monoisotopic (exact) mass is 399 g/mol. The Kier molecular flexibility index (Phi) is 5.80. The van der Waals surface area contributed by atoms with Crippen molar-refractivity contribution in [1.82, 2.24) is 14.9 Å². The van der Waals surface area contributed by atoms with E-state index in [1.165, 1.54) is 11.1 Å². The molecule has 0 unspecified atom stereocenters. The molecular weight excluding hydrogens is 374 g/mol. The summed E-state index contributed by atoms with van der Waals surface area (Å²) in [6.07, 6.45) is 0.640. The van der Waals surface area contributed by atoms with Crippen LogP contribution in [0.2, 0.25) is 0 Å². The van der Waals surface area contributed by atoms with E-state index in [2.05, 4.69) is 47.1 Å². The van der Waals surface area contributed by atoms with Crippen molar-refractivity contribution in [2.24, 2.45) is 0 Å². The molecular formula is C25H25N3O2. The number of fused-ring (bicyclic) bond motifs is 1. The first-order chi connectivity index (χ1) is 14.7. The minimum atomic E-state index is -0.145. The number of para-hydroxylation sites is 3. The van der Waals surface area contributed by atoms with Crippen molar-refractivity contribution in [3.05, 3.63) is 95.3 Å². The van der Waals surface area contributed by atoms with Crippen LogP contribution in [0.4, 0.5) is 0 Å². The maximum absolute atomic E-state index is 12.6. The lowest BCUT2D eigenvalue weighted by Crippen LogP contribution is -2.27. The van der Waals surface area contributed by atoms with Crippen LogP contribution in [0, 0.1) is 6.92 Å². The molecule has 3 aromatic carbocycles. The van der Waals surface area contributed by atoms with Crippen molar-refractivity contribution in [3.63, 3.8) is 0 Å². The van der Waals surface area contributed by atoms with E-state index in [9.17, 15) is 4.79 Å². The third-order valence-electron chi connectivity index (χ3n) is 5.14. The van der Waals surface area contributed by atoms with E-state index in [1.54, 1.807) is 19.2 Å². The summed E-state index contributed by atoms with van der Waals surface area (Å²) in [6, 6.07) is 23.9. The first kappa shape index (κ1) is 19.7. The highest BCUT2D eigenvalue weighted by atomic mass is 16.5. The SMILES string of the molecule is COc1ccccc1C(=O)NCCc1nc2ccccc2n1Cc1cccc(C)c1. The summed E-state index contributed by atoms with van der Waals surface area (Å²) in [5, 5.41) is 2.99. The molecule has 0 aliphatic carbocycles. The largest absolute Gasteiger partial charge is 0.496 e. The molecule has 0 atom stereocenters. The topological polar surface area (TPSA) is 56.1 Å². The van der Waals surface area contributed by atoms with Crippen LogP contribution >= 0.6 is 0 Å². The molecule has 5 heteroatoms. The summed E-state index contributed by atoms with van der Waals surface area (Å²) in [7, 11) is 1.57. The van der Waals surface area contributed by atoms with Gasteiger partial charge in [-0.15, -0.1) is 0 Å². The van der Waals surface area contributed by atoms with Gasteiger partial charge in [-0.25, -0.2) is 4.98 Å². The lowest BCUT2D eigenvalue weighted by molar-refractivity contribution is 0.0951. The fourth-order valence-corrected chi connectivity index (χ4v) is 3.70. The van der Waals surface area contributed by atoms with Crippen LogP contribution < -0.4 is 10.1 Å². The molecule has 1 N–H and O–H groups in total. The molecule has 0 fully saturated rings. The number of imidazole rings is 1. The van der Waals surface area contributed by atoms with Crippen LogP contribution in [0.5, 0.6) is 5.75 Å². The Balaban J connectivity index is 1.53. The average molecular weight is 399 g/mol. The van der Waals surface area contributed by atoms with Gasteiger partial charge in [-0.1, -0.05) is 54.1 Å². The van der Waals surface area contributed by atoms with Crippen LogP contribution in [0.15, 0.2) is 72.8 Å². The van der Waals surface area contributed by atoms with Crippen LogP contribution in [-0.4, -0.2) is 29.1 Å². The van der Waals surface area contributed by atoms with Crippen molar-refractivity contribution in [1.29, 1.82) is 0 Å². The molecule has 0 aliphatic heterocycles. The van der Waals surface area contributed by atoms with E-state index in [0.717, 1.165) is 23.4 Å². The van der Waals surface area contributed by atoms with Crippen LogP contribution in [-0.2, 0) is 13.0 Å². The van der Waals surface area contributed by atoms with E-state index in [-0.39, 0.29) is 5.91 Å². The van der Waals surface area contributed by atoms with Gasteiger partial charge in [0.25, 0.3) is 5.91 Å². The third-order valence-corrected chi connectivity index (χ3v) is 5.14. The summed E-state index contributed by atoms with van der Waals surface area (Å²) in [5.74, 6) is 1.38. The molecule has 1 heterocycles. The van der Waals surface area contributed by atoms with E-state index in [0.29, 0.717) is 24.3 Å². The molecule has 1 amide bonds. The fraction of sp³-hybridized carbons (Fsp3) is 0.200. The highest BCUT2D eigenvalue weighted by Gasteiger charge is 2.14. The van der Waals surface area contributed by atoms with E-state index in [4.69, 9.17) is 9.72 Å². The van der Waals surface area contributed by atoms with Gasteiger partial charge in [0.05, 0.1) is 23.7 Å². The first-order valence-corrected chi connectivity index (χ1v) is 10.1. The molecule has 30 heavy (non-hydrogen) atoms. The lowest BCUT2D eigenvalue weighted by Gasteiger charge is -2.12. The zero-order valence-electron chi connectivity index (χ0n) is 17.3. The second kappa shape index (κ2) is 8.82. The molecule has 0 bridgehead atoms. The van der Waals surface area contributed by atoms with Gasteiger partial charge >= 0.3 is 0 Å². The number of amides is 1. The standard InChI is InChI=1S/C25H25N3O2/c1-18-8-7-9-19(16-18)17-28-22-12-5-4-11-21(22)27-24(28)14-15-26-25(29)20-10-3-6-13-23(20)30-2/h3-13,16H,14-15,17H2,1-2H3,(H,26,29). The van der Waals surface area contributed by atoms with Crippen molar-refractivity contribution in [2.45, 2.75) is 19.9 Å². The number of hydrogen-bond acceptors (Lipinski definition) is 3.